The van der Waals surface area contributed by atoms with Crippen molar-refractivity contribution < 1.29 is 31.5 Å². The number of nitrogens with one attached hydrogen (secondary N) is 2. The fourth-order valence-corrected chi connectivity index (χ4v) is 0.941. The Labute approximate surface area is 102 Å². The van der Waals surface area contributed by atoms with Crippen LogP contribution in [-0.2, 0) is 11.0 Å². The van der Waals surface area contributed by atoms with Crippen LogP contribution < -0.4 is 10.9 Å². The predicted molar refractivity (Wildman–Crippen MR) is 50.9 cm³/mol. The lowest BCUT2D eigenvalue weighted by Gasteiger charge is -2.08. The van der Waals surface area contributed by atoms with Crippen molar-refractivity contribution in [3.05, 3.63) is 29.6 Å². The third kappa shape index (κ3) is 4.16. The van der Waals surface area contributed by atoms with E-state index in [9.17, 15) is 31.5 Å². The molecular weight excluding hydrogens is 277 g/mol. The summed E-state index contributed by atoms with van der Waals surface area (Å²) in [5.74, 6) is -2.82. The summed E-state index contributed by atoms with van der Waals surface area (Å²) >= 11 is 0. The zero-order valence-electron chi connectivity index (χ0n) is 8.96. The molecule has 0 aliphatic carbocycles. The van der Waals surface area contributed by atoms with Crippen LogP contribution in [0.15, 0.2) is 18.3 Å². The molecule has 0 atom stereocenters. The first-order valence-electron chi connectivity index (χ1n) is 4.63. The maximum Gasteiger partial charge on any atom is 0.433 e. The van der Waals surface area contributed by atoms with E-state index in [1.54, 1.807) is 5.43 Å². The summed E-state index contributed by atoms with van der Waals surface area (Å²) in [6.45, 7) is 0. The molecule has 0 aliphatic heterocycles. The van der Waals surface area contributed by atoms with Crippen LogP contribution in [0.3, 0.4) is 0 Å². The molecule has 0 saturated carbocycles. The van der Waals surface area contributed by atoms with E-state index >= 15 is 0 Å². The van der Waals surface area contributed by atoms with Gasteiger partial charge in [0.1, 0.15) is 5.69 Å². The number of carbonyl (C=O) groups is 2. The summed E-state index contributed by atoms with van der Waals surface area (Å²) in [6, 6.07) is 1.34. The molecule has 2 N–H and O–H groups in total. The fraction of sp³-hybridized carbons (Fsp3) is 0.222. The number of hydrogen-bond acceptors (Lipinski definition) is 3. The number of amides is 2. The molecule has 0 saturated heterocycles. The summed E-state index contributed by atoms with van der Waals surface area (Å²) in [5.41, 5.74) is 1.45. The van der Waals surface area contributed by atoms with Crippen molar-refractivity contribution in [3.63, 3.8) is 0 Å². The molecule has 19 heavy (non-hydrogen) atoms. The molecule has 0 aromatic carbocycles. The second kappa shape index (κ2) is 5.59. The number of carbonyl (C=O) groups excluding carboxylic acids is 2. The molecule has 0 unspecified atom stereocenters. The first-order chi connectivity index (χ1) is 8.71. The number of hydrazine groups is 1. The van der Waals surface area contributed by atoms with E-state index in [0.29, 0.717) is 12.3 Å². The van der Waals surface area contributed by atoms with Gasteiger partial charge in [-0.05, 0) is 12.1 Å². The van der Waals surface area contributed by atoms with E-state index in [4.69, 9.17) is 0 Å². The number of halogens is 5. The van der Waals surface area contributed by atoms with Crippen molar-refractivity contribution >= 4 is 11.8 Å². The smallest absolute Gasteiger partial charge is 0.267 e. The highest BCUT2D eigenvalue weighted by Crippen LogP contribution is 2.27. The van der Waals surface area contributed by atoms with Crippen molar-refractivity contribution in [3.8, 4) is 0 Å². The summed E-state index contributed by atoms with van der Waals surface area (Å²) < 4.78 is 60.0. The number of aromatic nitrogens is 1. The lowest BCUT2D eigenvalue weighted by molar-refractivity contribution is -0.141. The number of rotatable bonds is 2. The van der Waals surface area contributed by atoms with Gasteiger partial charge in [-0.2, -0.15) is 22.0 Å². The molecule has 1 aromatic heterocycles. The van der Waals surface area contributed by atoms with Gasteiger partial charge >= 0.3 is 18.5 Å². The van der Waals surface area contributed by atoms with Gasteiger partial charge in [0.05, 0.1) is 5.56 Å². The van der Waals surface area contributed by atoms with Crippen LogP contribution in [0.5, 0.6) is 0 Å². The van der Waals surface area contributed by atoms with E-state index in [1.807, 2.05) is 0 Å². The predicted octanol–water partition coefficient (Wildman–Crippen LogP) is 1.13. The van der Waals surface area contributed by atoms with Crippen molar-refractivity contribution in [2.75, 3.05) is 0 Å². The van der Waals surface area contributed by atoms with E-state index in [0.717, 1.165) is 6.07 Å². The number of nitrogens with zero attached hydrogens (tertiary/aromatic N) is 1. The molecule has 0 radical (unpaired) electrons. The monoisotopic (exact) mass is 283 g/mol. The highest BCUT2D eigenvalue weighted by atomic mass is 19.4. The third-order valence-corrected chi connectivity index (χ3v) is 1.81. The third-order valence-electron chi connectivity index (χ3n) is 1.81. The van der Waals surface area contributed by atoms with Gasteiger partial charge in [0.15, 0.2) is 0 Å². The highest BCUT2D eigenvalue weighted by molar-refractivity contribution is 5.95. The molecular formula is C9H6F5N3O2. The molecule has 1 rings (SSSR count). The Morgan fingerprint density at radius 3 is 2.21 bits per heavy atom. The lowest BCUT2D eigenvalue weighted by atomic mass is 10.2. The zero-order valence-corrected chi connectivity index (χ0v) is 8.96. The second-order valence-corrected chi connectivity index (χ2v) is 3.17. The average molecular weight is 283 g/mol. The lowest BCUT2D eigenvalue weighted by Crippen LogP contribution is -2.44. The minimum Gasteiger partial charge on any atom is -0.267 e. The SMILES string of the molecule is O=C(NNC(=O)C(F)F)c1ccc(C(F)(F)F)nc1. The molecule has 0 fully saturated rings. The van der Waals surface area contributed by atoms with Gasteiger partial charge < -0.3 is 0 Å². The molecule has 0 spiro atoms. The van der Waals surface area contributed by atoms with Crippen LogP contribution in [0.4, 0.5) is 22.0 Å². The molecule has 104 valence electrons. The molecule has 0 bridgehead atoms. The summed E-state index contributed by atoms with van der Waals surface area (Å²) in [5, 5.41) is 0. The van der Waals surface area contributed by atoms with Crippen LogP contribution in [0.25, 0.3) is 0 Å². The van der Waals surface area contributed by atoms with Gasteiger partial charge in [0.25, 0.3) is 5.91 Å². The number of pyridine rings is 1. The topological polar surface area (TPSA) is 71.1 Å². The van der Waals surface area contributed by atoms with Crippen molar-refractivity contribution in [2.24, 2.45) is 0 Å². The minimum absolute atomic E-state index is 0.331. The highest BCUT2D eigenvalue weighted by Gasteiger charge is 2.32. The number of hydrogen-bond donors (Lipinski definition) is 2. The first kappa shape index (κ1) is 14.8. The fourth-order valence-electron chi connectivity index (χ4n) is 0.941. The van der Waals surface area contributed by atoms with Crippen molar-refractivity contribution in [1.29, 1.82) is 0 Å². The summed E-state index contributed by atoms with van der Waals surface area (Å²) in [4.78, 5) is 24.7. The van der Waals surface area contributed by atoms with Crippen molar-refractivity contribution in [1.82, 2.24) is 15.8 Å². The van der Waals surface area contributed by atoms with Crippen molar-refractivity contribution in [2.45, 2.75) is 12.6 Å². The van der Waals surface area contributed by atoms with E-state index in [-0.39, 0.29) is 5.56 Å². The Hall–Kier alpha value is -2.26. The van der Waals surface area contributed by atoms with Gasteiger partial charge in [-0.25, -0.2) is 0 Å². The molecule has 0 aliphatic rings. The Morgan fingerprint density at radius 1 is 1.16 bits per heavy atom. The Balaban J connectivity index is 2.66. The average Bonchev–Trinajstić information content (AvgIpc) is 2.34. The van der Waals surface area contributed by atoms with Crippen LogP contribution >= 0.6 is 0 Å². The van der Waals surface area contributed by atoms with Gasteiger partial charge in [0.2, 0.25) is 0 Å². The Morgan fingerprint density at radius 2 is 1.79 bits per heavy atom. The molecule has 5 nitrogen and oxygen atoms in total. The summed E-state index contributed by atoms with van der Waals surface area (Å²) in [7, 11) is 0. The number of alkyl halides is 5. The standard InChI is InChI=1S/C9H6F5N3O2/c10-6(11)8(19)17-16-7(18)4-1-2-5(15-3-4)9(12,13)14/h1-3,6H,(H,16,18)(H,17,19). The molecule has 10 heteroatoms. The van der Waals surface area contributed by atoms with Gasteiger partial charge in [-0.15, -0.1) is 0 Å². The molecule has 1 aromatic rings. The van der Waals surface area contributed by atoms with E-state index in [1.165, 1.54) is 5.43 Å². The Kier molecular flexibility index (Phi) is 4.35. The molecule has 1 heterocycles. The van der Waals surface area contributed by atoms with E-state index in [2.05, 4.69) is 4.98 Å². The zero-order chi connectivity index (χ0) is 14.6. The minimum atomic E-state index is -4.65. The summed E-state index contributed by atoms with van der Waals surface area (Å²) in [6.07, 6.45) is -7.38. The van der Waals surface area contributed by atoms with Gasteiger partial charge in [0, 0.05) is 6.20 Å². The normalized spacial score (nSPS) is 11.3. The van der Waals surface area contributed by atoms with Crippen LogP contribution in [-0.4, -0.2) is 23.2 Å². The van der Waals surface area contributed by atoms with Gasteiger partial charge in [-0.1, -0.05) is 0 Å². The second-order valence-electron chi connectivity index (χ2n) is 3.17. The van der Waals surface area contributed by atoms with Crippen LogP contribution in [0.1, 0.15) is 16.1 Å². The molecule has 2 amide bonds. The quantitative estimate of drug-likeness (QED) is 0.631. The maximum atomic E-state index is 12.2. The largest absolute Gasteiger partial charge is 0.433 e. The van der Waals surface area contributed by atoms with Gasteiger partial charge in [-0.3, -0.25) is 25.4 Å². The van der Waals surface area contributed by atoms with Crippen LogP contribution in [0, 0.1) is 0 Å². The first-order valence-corrected chi connectivity index (χ1v) is 4.63. The van der Waals surface area contributed by atoms with Crippen LogP contribution in [0.2, 0.25) is 0 Å². The Bertz CT molecular complexity index is 472. The van der Waals surface area contributed by atoms with E-state index < -0.39 is 30.1 Å². The maximum absolute atomic E-state index is 12.2.